The molecule has 7 nitrogen and oxygen atoms in total. The first-order valence-corrected chi connectivity index (χ1v) is 11.7. The first-order valence-electron chi connectivity index (χ1n) is 11.7. The molecule has 2 aromatic carbocycles. The lowest BCUT2D eigenvalue weighted by atomic mass is 9.94. The summed E-state index contributed by atoms with van der Waals surface area (Å²) in [6, 6.07) is 18.2. The summed E-state index contributed by atoms with van der Waals surface area (Å²) in [6.45, 7) is 3.97. The second-order valence-electron chi connectivity index (χ2n) is 8.85. The largest absolute Gasteiger partial charge is 0.481 e. The Morgan fingerprint density at radius 1 is 0.912 bits per heavy atom. The third-order valence-corrected chi connectivity index (χ3v) is 5.97. The summed E-state index contributed by atoms with van der Waals surface area (Å²) in [5.74, 6) is -1.70. The number of aliphatic hydroxyl groups is 1. The summed E-state index contributed by atoms with van der Waals surface area (Å²) in [5, 5.41) is 34.8. The molecule has 7 heteroatoms. The summed E-state index contributed by atoms with van der Waals surface area (Å²) in [6.07, 6.45) is 2.66. The Labute approximate surface area is 200 Å². The van der Waals surface area contributed by atoms with Gasteiger partial charge in [-0.25, -0.2) is 5.21 Å². The Morgan fingerprint density at radius 3 is 2.09 bits per heavy atom. The van der Waals surface area contributed by atoms with Gasteiger partial charge in [-0.05, 0) is 30.5 Å². The lowest BCUT2D eigenvalue weighted by Gasteiger charge is -2.29. The Bertz CT molecular complexity index is 1080. The number of aliphatic carboxylic acids is 1. The van der Waals surface area contributed by atoms with Gasteiger partial charge in [-0.15, -0.1) is 0 Å². The molecule has 0 aliphatic carbocycles. The molecule has 0 bridgehead atoms. The molecule has 1 atom stereocenters. The molecule has 0 radical (unpaired) electrons. The molecule has 1 heterocycles. The van der Waals surface area contributed by atoms with Gasteiger partial charge in [-0.1, -0.05) is 73.4 Å². The van der Waals surface area contributed by atoms with E-state index in [4.69, 9.17) is 5.11 Å². The molecule has 2 aromatic rings. The third-order valence-electron chi connectivity index (χ3n) is 5.97. The van der Waals surface area contributed by atoms with E-state index in [1.165, 1.54) is 0 Å². The number of anilines is 1. The molecule has 0 fully saturated rings. The number of carbonyl (C=O) groups excluding carboxylic acids is 1. The molecule has 1 aliphatic heterocycles. The zero-order chi connectivity index (χ0) is 24.7. The molecule has 0 saturated carbocycles. The first-order chi connectivity index (χ1) is 16.3. The van der Waals surface area contributed by atoms with Gasteiger partial charge in [-0.3, -0.25) is 9.59 Å². The first kappa shape index (κ1) is 25.2. The Morgan fingerprint density at radius 2 is 1.50 bits per heavy atom. The lowest BCUT2D eigenvalue weighted by molar-refractivity contribution is -1.05. The van der Waals surface area contributed by atoms with E-state index in [1.807, 2.05) is 50.2 Å². The minimum absolute atomic E-state index is 0.114. The summed E-state index contributed by atoms with van der Waals surface area (Å²) in [5.41, 5.74) is 2.31. The van der Waals surface area contributed by atoms with Crippen molar-refractivity contribution in [3.8, 4) is 0 Å². The van der Waals surface area contributed by atoms with Crippen molar-refractivity contribution in [1.29, 1.82) is 0 Å². The van der Waals surface area contributed by atoms with Crippen molar-refractivity contribution in [3.63, 3.8) is 0 Å². The fourth-order valence-corrected chi connectivity index (χ4v) is 4.46. The summed E-state index contributed by atoms with van der Waals surface area (Å²) in [7, 11) is 0. The van der Waals surface area contributed by atoms with Crippen LogP contribution in [0.4, 0.5) is 5.69 Å². The van der Waals surface area contributed by atoms with Crippen molar-refractivity contribution >= 4 is 23.1 Å². The number of carboxylic acids is 1. The Kier molecular flexibility index (Phi) is 8.26. The van der Waals surface area contributed by atoms with Gasteiger partial charge in [0.1, 0.15) is 17.7 Å². The van der Waals surface area contributed by atoms with Crippen LogP contribution in [0, 0.1) is 5.92 Å². The highest BCUT2D eigenvalue weighted by Gasteiger charge is 2.52. The number of rotatable bonds is 11. The number of para-hydroxylation sites is 1. The molecule has 3 rings (SSSR count). The van der Waals surface area contributed by atoms with Crippen molar-refractivity contribution in [3.05, 3.63) is 83.4 Å². The van der Waals surface area contributed by atoms with Crippen molar-refractivity contribution in [2.24, 2.45) is 5.92 Å². The number of nitrogens with one attached hydrogen (secondary N) is 1. The summed E-state index contributed by atoms with van der Waals surface area (Å²) in [4.78, 5) is 24.3. The summed E-state index contributed by atoms with van der Waals surface area (Å²) < 4.78 is -0.821. The van der Waals surface area contributed by atoms with Crippen molar-refractivity contribution in [1.82, 2.24) is 0 Å². The SMILES string of the molecule is CC(C)C1=C(C(=O)Nc2ccccc2)C(c2ccccc2)=C(O)[N+]1(O)CCCCCCC(=O)O. The molecule has 0 saturated heterocycles. The Balaban J connectivity index is 1.97. The maximum atomic E-state index is 13.5. The molecule has 4 N–H and O–H groups in total. The van der Waals surface area contributed by atoms with Crippen molar-refractivity contribution in [2.45, 2.75) is 46.0 Å². The highest BCUT2D eigenvalue weighted by Crippen LogP contribution is 2.46. The van der Waals surface area contributed by atoms with E-state index in [2.05, 4.69) is 5.32 Å². The van der Waals surface area contributed by atoms with Crippen LogP contribution in [0.5, 0.6) is 0 Å². The van der Waals surface area contributed by atoms with Gasteiger partial charge in [0, 0.05) is 24.4 Å². The number of carboxylic acid groups (broad SMARTS) is 1. The minimum atomic E-state index is -0.822. The van der Waals surface area contributed by atoms with Gasteiger partial charge >= 0.3 is 11.9 Å². The van der Waals surface area contributed by atoms with Crippen LogP contribution >= 0.6 is 0 Å². The number of unbranched alkanes of at least 4 members (excludes halogenated alkanes) is 3. The molecule has 0 spiro atoms. The zero-order valence-corrected chi connectivity index (χ0v) is 19.7. The number of hydroxylamine groups is 3. The van der Waals surface area contributed by atoms with Crippen LogP contribution in [0.25, 0.3) is 5.57 Å². The molecular formula is C27H33N2O5+. The number of amides is 1. The van der Waals surface area contributed by atoms with E-state index in [1.54, 1.807) is 24.3 Å². The number of hydrogen-bond acceptors (Lipinski definition) is 4. The van der Waals surface area contributed by atoms with Crippen molar-refractivity contribution in [2.75, 3.05) is 11.9 Å². The quantitative estimate of drug-likeness (QED) is 0.251. The number of quaternary nitrogens is 1. The standard InChI is InChI=1S/C27H32N2O5/c1-19(2)25-24(26(32)28-21-15-9-6-10-16-21)23(20-13-7-5-8-14-20)27(33)29(25,34)18-12-4-3-11-17-22(30)31/h5-10,13-16,19,34H,3-4,11-12,17-18H2,1-2H3,(H2-,28,30,31,32,33)/p+1. The van der Waals surface area contributed by atoms with Gasteiger partial charge in [0.15, 0.2) is 5.70 Å². The van der Waals surface area contributed by atoms with Crippen LogP contribution in [-0.2, 0) is 9.59 Å². The van der Waals surface area contributed by atoms with Gasteiger partial charge < -0.3 is 15.5 Å². The average molecular weight is 466 g/mol. The maximum Gasteiger partial charge on any atom is 0.336 e. The predicted molar refractivity (Wildman–Crippen MR) is 131 cm³/mol. The lowest BCUT2D eigenvalue weighted by Crippen LogP contribution is -2.44. The number of hydrogen-bond donors (Lipinski definition) is 4. The van der Waals surface area contributed by atoms with Crippen LogP contribution < -0.4 is 5.32 Å². The fraction of sp³-hybridized carbons (Fsp3) is 0.333. The van der Waals surface area contributed by atoms with Crippen LogP contribution in [0.1, 0.15) is 51.5 Å². The number of allylic oxidation sites excluding steroid dienone is 1. The van der Waals surface area contributed by atoms with E-state index in [0.29, 0.717) is 48.2 Å². The minimum Gasteiger partial charge on any atom is -0.481 e. The molecule has 180 valence electrons. The smallest absolute Gasteiger partial charge is 0.336 e. The van der Waals surface area contributed by atoms with Crippen LogP contribution in [-0.4, -0.2) is 38.5 Å². The van der Waals surface area contributed by atoms with Gasteiger partial charge in [0.25, 0.3) is 5.91 Å². The highest BCUT2D eigenvalue weighted by atomic mass is 16.6. The maximum absolute atomic E-state index is 13.5. The van der Waals surface area contributed by atoms with Crippen LogP contribution in [0.2, 0.25) is 0 Å². The number of nitrogens with zero attached hydrogens (tertiary/aromatic N) is 1. The highest BCUT2D eigenvalue weighted by molar-refractivity contribution is 6.16. The number of carbonyl (C=O) groups is 2. The molecule has 1 unspecified atom stereocenters. The van der Waals surface area contributed by atoms with Crippen LogP contribution in [0.15, 0.2) is 77.8 Å². The second-order valence-corrected chi connectivity index (χ2v) is 8.85. The van der Waals surface area contributed by atoms with Gasteiger partial charge in [-0.2, -0.15) is 0 Å². The predicted octanol–water partition coefficient (Wildman–Crippen LogP) is 5.72. The number of aliphatic hydroxyl groups excluding tert-OH is 1. The van der Waals surface area contributed by atoms with Crippen LogP contribution in [0.3, 0.4) is 0 Å². The fourth-order valence-electron chi connectivity index (χ4n) is 4.46. The van der Waals surface area contributed by atoms with Gasteiger partial charge in [0.05, 0.1) is 0 Å². The van der Waals surface area contributed by atoms with Crippen molar-refractivity contribution < 1.29 is 29.7 Å². The number of benzene rings is 2. The summed E-state index contributed by atoms with van der Waals surface area (Å²) >= 11 is 0. The second kappa shape index (κ2) is 11.1. The average Bonchev–Trinajstić information content (AvgIpc) is 3.05. The van der Waals surface area contributed by atoms with E-state index < -0.39 is 16.5 Å². The monoisotopic (exact) mass is 465 g/mol. The normalized spacial score (nSPS) is 18.0. The molecule has 0 aromatic heterocycles. The molecular weight excluding hydrogens is 432 g/mol. The zero-order valence-electron chi connectivity index (χ0n) is 19.7. The molecule has 1 amide bonds. The van der Waals surface area contributed by atoms with E-state index in [9.17, 15) is 19.9 Å². The molecule has 1 aliphatic rings. The van der Waals surface area contributed by atoms with E-state index in [-0.39, 0.29) is 30.3 Å². The van der Waals surface area contributed by atoms with E-state index >= 15 is 0 Å². The van der Waals surface area contributed by atoms with E-state index in [0.717, 1.165) is 0 Å². The molecule has 34 heavy (non-hydrogen) atoms. The Hall–Kier alpha value is -3.42. The third kappa shape index (κ3) is 5.55. The topological polar surface area (TPSA) is 107 Å². The van der Waals surface area contributed by atoms with Gasteiger partial charge in [0.2, 0.25) is 0 Å².